The van der Waals surface area contributed by atoms with Crippen molar-refractivity contribution in [3.63, 3.8) is 0 Å². The molecule has 1 unspecified atom stereocenters. The minimum absolute atomic E-state index is 0.0760. The summed E-state index contributed by atoms with van der Waals surface area (Å²) in [5, 5.41) is 13.0. The van der Waals surface area contributed by atoms with Crippen LogP contribution in [-0.2, 0) is 6.42 Å². The van der Waals surface area contributed by atoms with Crippen LogP contribution in [0.15, 0.2) is 24.3 Å². The van der Waals surface area contributed by atoms with E-state index < -0.39 is 0 Å². The first-order chi connectivity index (χ1) is 9.13. The van der Waals surface area contributed by atoms with Gasteiger partial charge in [-0.05, 0) is 69.2 Å². The number of aliphatic hydroxyl groups is 1. The van der Waals surface area contributed by atoms with E-state index in [4.69, 9.17) is 0 Å². The summed E-state index contributed by atoms with van der Waals surface area (Å²) in [6.07, 6.45) is 4.98. The van der Waals surface area contributed by atoms with Crippen molar-refractivity contribution >= 4 is 0 Å². The van der Waals surface area contributed by atoms with Crippen molar-refractivity contribution < 1.29 is 9.50 Å². The van der Waals surface area contributed by atoms with Crippen molar-refractivity contribution in [1.82, 2.24) is 5.32 Å². The normalized spacial score (nSPS) is 25.2. The molecule has 2 rings (SSSR count). The fourth-order valence-corrected chi connectivity index (χ4v) is 2.76. The van der Waals surface area contributed by atoms with E-state index in [1.807, 2.05) is 12.1 Å². The second-order valence-corrected chi connectivity index (χ2v) is 5.81. The minimum atomic E-state index is -0.176. The lowest BCUT2D eigenvalue weighted by Crippen LogP contribution is -2.34. The number of aliphatic hydroxyl groups excluding tert-OH is 1. The number of hydrogen-bond donors (Lipinski definition) is 2. The minimum Gasteiger partial charge on any atom is -0.393 e. The van der Waals surface area contributed by atoms with Crippen LogP contribution < -0.4 is 5.32 Å². The van der Waals surface area contributed by atoms with Gasteiger partial charge in [-0.3, -0.25) is 0 Å². The molecule has 2 N–H and O–H groups in total. The summed E-state index contributed by atoms with van der Waals surface area (Å²) in [4.78, 5) is 0. The molecule has 1 fully saturated rings. The molecule has 0 radical (unpaired) electrons. The van der Waals surface area contributed by atoms with Crippen LogP contribution in [0.1, 0.15) is 38.2 Å². The molecule has 1 atom stereocenters. The van der Waals surface area contributed by atoms with Crippen LogP contribution in [-0.4, -0.2) is 23.8 Å². The van der Waals surface area contributed by atoms with Gasteiger partial charge in [0.2, 0.25) is 0 Å². The number of nitrogens with one attached hydrogen (secondary N) is 1. The molecule has 2 nitrogen and oxygen atoms in total. The van der Waals surface area contributed by atoms with Gasteiger partial charge in [-0.15, -0.1) is 0 Å². The summed E-state index contributed by atoms with van der Waals surface area (Å²) >= 11 is 0. The van der Waals surface area contributed by atoms with Crippen molar-refractivity contribution in [2.75, 3.05) is 6.54 Å². The van der Waals surface area contributed by atoms with E-state index in [-0.39, 0.29) is 11.9 Å². The van der Waals surface area contributed by atoms with Gasteiger partial charge in [0.1, 0.15) is 5.82 Å². The summed E-state index contributed by atoms with van der Waals surface area (Å²) in [5.41, 5.74) is 1.17. The standard InChI is InChI=1S/C16H24FNO/c1-12(10-13-2-6-15(17)7-3-13)18-11-14-4-8-16(19)9-5-14/h2-3,6-7,12,14,16,18-19H,4-5,8-11H2,1H3. The van der Waals surface area contributed by atoms with Crippen LogP contribution in [0.2, 0.25) is 0 Å². The average molecular weight is 265 g/mol. The largest absolute Gasteiger partial charge is 0.393 e. The third kappa shape index (κ3) is 4.92. The third-order valence-electron chi connectivity index (χ3n) is 4.03. The Balaban J connectivity index is 1.69. The highest BCUT2D eigenvalue weighted by atomic mass is 19.1. The van der Waals surface area contributed by atoms with Gasteiger partial charge in [0.25, 0.3) is 0 Å². The predicted molar refractivity (Wildman–Crippen MR) is 75.5 cm³/mol. The van der Waals surface area contributed by atoms with Gasteiger partial charge in [0, 0.05) is 6.04 Å². The summed E-state index contributed by atoms with van der Waals surface area (Å²) in [6, 6.07) is 7.14. The average Bonchev–Trinajstić information content (AvgIpc) is 2.41. The van der Waals surface area contributed by atoms with Gasteiger partial charge in [-0.1, -0.05) is 12.1 Å². The van der Waals surface area contributed by atoms with Crippen molar-refractivity contribution in [1.29, 1.82) is 0 Å². The first kappa shape index (κ1) is 14.5. The fourth-order valence-electron chi connectivity index (χ4n) is 2.76. The smallest absolute Gasteiger partial charge is 0.123 e. The van der Waals surface area contributed by atoms with Gasteiger partial charge in [-0.2, -0.15) is 0 Å². The Morgan fingerprint density at radius 3 is 2.47 bits per heavy atom. The predicted octanol–water partition coefficient (Wildman–Crippen LogP) is 2.90. The van der Waals surface area contributed by atoms with E-state index in [1.165, 1.54) is 17.7 Å². The summed E-state index contributed by atoms with van der Waals surface area (Å²) in [6.45, 7) is 3.19. The molecule has 0 bridgehead atoms. The Kier molecular flexibility index (Phi) is 5.34. The maximum absolute atomic E-state index is 12.8. The van der Waals surface area contributed by atoms with Gasteiger partial charge in [0.15, 0.2) is 0 Å². The second-order valence-electron chi connectivity index (χ2n) is 5.81. The van der Waals surface area contributed by atoms with Crippen molar-refractivity contribution in [2.24, 2.45) is 5.92 Å². The molecule has 1 aliphatic carbocycles. The molecule has 1 aromatic rings. The quantitative estimate of drug-likeness (QED) is 0.858. The SMILES string of the molecule is CC(Cc1ccc(F)cc1)NCC1CCC(O)CC1. The van der Waals surface area contributed by atoms with E-state index in [1.54, 1.807) is 0 Å². The molecule has 0 aliphatic heterocycles. The van der Waals surface area contributed by atoms with Gasteiger partial charge < -0.3 is 10.4 Å². The summed E-state index contributed by atoms with van der Waals surface area (Å²) in [5.74, 6) is 0.518. The van der Waals surface area contributed by atoms with Crippen LogP contribution in [0.25, 0.3) is 0 Å². The molecule has 19 heavy (non-hydrogen) atoms. The molecule has 0 heterocycles. The van der Waals surface area contributed by atoms with Crippen molar-refractivity contribution in [3.8, 4) is 0 Å². The lowest BCUT2D eigenvalue weighted by atomic mass is 9.87. The molecule has 1 aliphatic rings. The molecule has 3 heteroatoms. The molecule has 0 aromatic heterocycles. The van der Waals surface area contributed by atoms with E-state index in [0.29, 0.717) is 12.0 Å². The Hall–Kier alpha value is -0.930. The molecular formula is C16H24FNO. The molecule has 1 aromatic carbocycles. The zero-order valence-corrected chi connectivity index (χ0v) is 11.6. The van der Waals surface area contributed by atoms with E-state index in [0.717, 1.165) is 38.6 Å². The van der Waals surface area contributed by atoms with Gasteiger partial charge in [0.05, 0.1) is 6.10 Å². The number of rotatable bonds is 5. The number of benzene rings is 1. The van der Waals surface area contributed by atoms with Crippen molar-refractivity contribution in [2.45, 2.75) is 51.2 Å². The topological polar surface area (TPSA) is 32.3 Å². The highest BCUT2D eigenvalue weighted by Crippen LogP contribution is 2.23. The zero-order chi connectivity index (χ0) is 13.7. The summed E-state index contributed by atoms with van der Waals surface area (Å²) < 4.78 is 12.8. The Morgan fingerprint density at radius 1 is 1.21 bits per heavy atom. The highest BCUT2D eigenvalue weighted by molar-refractivity contribution is 5.16. The van der Waals surface area contributed by atoms with Crippen LogP contribution in [0.4, 0.5) is 4.39 Å². The fraction of sp³-hybridized carbons (Fsp3) is 0.625. The monoisotopic (exact) mass is 265 g/mol. The Bertz CT molecular complexity index is 371. The zero-order valence-electron chi connectivity index (χ0n) is 11.6. The van der Waals surface area contributed by atoms with Crippen LogP contribution >= 0.6 is 0 Å². The van der Waals surface area contributed by atoms with E-state index >= 15 is 0 Å². The Labute approximate surface area is 115 Å². The molecular weight excluding hydrogens is 241 g/mol. The highest BCUT2D eigenvalue weighted by Gasteiger charge is 2.19. The lowest BCUT2D eigenvalue weighted by molar-refractivity contribution is 0.108. The van der Waals surface area contributed by atoms with Crippen LogP contribution in [0, 0.1) is 11.7 Å². The van der Waals surface area contributed by atoms with E-state index in [9.17, 15) is 9.50 Å². The second kappa shape index (κ2) is 7.01. The molecule has 0 amide bonds. The third-order valence-corrected chi connectivity index (χ3v) is 4.03. The van der Waals surface area contributed by atoms with Gasteiger partial charge >= 0.3 is 0 Å². The molecule has 0 spiro atoms. The van der Waals surface area contributed by atoms with Crippen molar-refractivity contribution in [3.05, 3.63) is 35.6 Å². The molecule has 106 valence electrons. The van der Waals surface area contributed by atoms with Crippen LogP contribution in [0.5, 0.6) is 0 Å². The number of halogens is 1. The number of hydrogen-bond acceptors (Lipinski definition) is 2. The molecule has 1 saturated carbocycles. The lowest BCUT2D eigenvalue weighted by Gasteiger charge is -2.27. The van der Waals surface area contributed by atoms with E-state index in [2.05, 4.69) is 12.2 Å². The first-order valence-electron chi connectivity index (χ1n) is 7.29. The first-order valence-corrected chi connectivity index (χ1v) is 7.29. The maximum atomic E-state index is 12.8. The summed E-state index contributed by atoms with van der Waals surface area (Å²) in [7, 11) is 0. The van der Waals surface area contributed by atoms with Crippen LogP contribution in [0.3, 0.4) is 0 Å². The Morgan fingerprint density at radius 2 is 1.84 bits per heavy atom. The van der Waals surface area contributed by atoms with Gasteiger partial charge in [-0.25, -0.2) is 4.39 Å². The molecule has 0 saturated heterocycles. The maximum Gasteiger partial charge on any atom is 0.123 e.